The van der Waals surface area contributed by atoms with Crippen LogP contribution in [-0.2, 0) is 0 Å². The molecule has 4 aromatic carbocycles. The van der Waals surface area contributed by atoms with Crippen LogP contribution in [0.25, 0.3) is 44.2 Å². The monoisotopic (exact) mass is 386 g/mol. The Labute approximate surface area is 176 Å². The number of hydrogen-bond acceptors (Lipinski definition) is 1. The zero-order chi connectivity index (χ0) is 20.5. The van der Waals surface area contributed by atoms with E-state index in [-0.39, 0.29) is 0 Å². The van der Waals surface area contributed by atoms with Crippen molar-refractivity contribution in [2.24, 2.45) is 0 Å². The lowest BCUT2D eigenvalue weighted by molar-refractivity contribution is 0.669. The Morgan fingerprint density at radius 3 is 2.10 bits per heavy atom. The van der Waals surface area contributed by atoms with Crippen LogP contribution in [0.15, 0.2) is 114 Å². The van der Waals surface area contributed by atoms with Gasteiger partial charge in [0.2, 0.25) is 0 Å². The second kappa shape index (κ2) is 7.53. The highest BCUT2D eigenvalue weighted by atomic mass is 16.3. The first kappa shape index (κ1) is 18.2. The number of fused-ring (bicyclic) bond motifs is 3. The molecular formula is C29H22O. The molecule has 0 aliphatic heterocycles. The second-order valence-electron chi connectivity index (χ2n) is 7.61. The Morgan fingerprint density at radius 1 is 0.667 bits per heavy atom. The fourth-order valence-electron chi connectivity index (χ4n) is 3.91. The van der Waals surface area contributed by atoms with Crippen molar-refractivity contribution >= 4 is 33.1 Å². The zero-order valence-electron chi connectivity index (χ0n) is 16.9. The lowest BCUT2D eigenvalue weighted by Gasteiger charge is -2.07. The van der Waals surface area contributed by atoms with E-state index in [1.807, 2.05) is 24.3 Å². The third-order valence-electron chi connectivity index (χ3n) is 5.59. The summed E-state index contributed by atoms with van der Waals surface area (Å²) in [6.07, 6.45) is 2.14. The van der Waals surface area contributed by atoms with E-state index in [2.05, 4.69) is 92.4 Å². The van der Waals surface area contributed by atoms with Crippen LogP contribution >= 0.6 is 0 Å². The number of para-hydroxylation sites is 1. The Bertz CT molecular complexity index is 1380. The van der Waals surface area contributed by atoms with Gasteiger partial charge >= 0.3 is 0 Å². The molecule has 0 radical (unpaired) electrons. The Balaban J connectivity index is 1.42. The summed E-state index contributed by atoms with van der Waals surface area (Å²) in [4.78, 5) is 0. The van der Waals surface area contributed by atoms with Gasteiger partial charge in [-0.05, 0) is 58.5 Å². The predicted octanol–water partition coefficient (Wildman–Crippen LogP) is 8.37. The molecule has 5 rings (SSSR count). The van der Waals surface area contributed by atoms with Crippen molar-refractivity contribution in [1.29, 1.82) is 0 Å². The van der Waals surface area contributed by atoms with Gasteiger partial charge in [0.1, 0.15) is 11.2 Å². The standard InChI is InChI=1S/C29H22O/c1-20(22-12-14-24(15-13-22)23-8-4-3-5-9-23)18-21(2)25-16-17-27-26-10-6-7-11-28(26)30-29(27)19-25/h3-19H,1H2,2H3/b21-18+. The maximum Gasteiger partial charge on any atom is 0.136 e. The Hall–Kier alpha value is -3.84. The number of rotatable bonds is 4. The van der Waals surface area contributed by atoms with Crippen molar-refractivity contribution in [2.75, 3.05) is 0 Å². The molecule has 0 N–H and O–H groups in total. The molecule has 0 saturated carbocycles. The number of allylic oxidation sites excluding steroid dienone is 3. The van der Waals surface area contributed by atoms with Crippen LogP contribution in [0.5, 0.6) is 0 Å². The molecule has 0 unspecified atom stereocenters. The number of benzene rings is 4. The molecule has 0 spiro atoms. The van der Waals surface area contributed by atoms with Crippen molar-refractivity contribution in [1.82, 2.24) is 0 Å². The first-order valence-electron chi connectivity index (χ1n) is 10.1. The van der Waals surface area contributed by atoms with E-state index in [9.17, 15) is 0 Å². The topological polar surface area (TPSA) is 13.1 Å². The predicted molar refractivity (Wildman–Crippen MR) is 128 cm³/mol. The molecule has 5 aromatic rings. The average Bonchev–Trinajstić information content (AvgIpc) is 3.17. The molecule has 0 aliphatic carbocycles. The van der Waals surface area contributed by atoms with Crippen LogP contribution in [0, 0.1) is 0 Å². The molecule has 0 atom stereocenters. The summed E-state index contributed by atoms with van der Waals surface area (Å²) in [6, 6.07) is 33.6. The molecule has 0 saturated heterocycles. The molecule has 0 aliphatic rings. The molecule has 144 valence electrons. The van der Waals surface area contributed by atoms with Gasteiger partial charge in [0.05, 0.1) is 0 Å². The highest BCUT2D eigenvalue weighted by molar-refractivity contribution is 6.05. The van der Waals surface area contributed by atoms with Crippen molar-refractivity contribution in [3.05, 3.63) is 121 Å². The van der Waals surface area contributed by atoms with Gasteiger partial charge in [-0.25, -0.2) is 0 Å². The van der Waals surface area contributed by atoms with Crippen LogP contribution < -0.4 is 0 Å². The normalized spacial score (nSPS) is 11.8. The highest BCUT2D eigenvalue weighted by Gasteiger charge is 2.08. The van der Waals surface area contributed by atoms with Gasteiger partial charge in [-0.3, -0.25) is 0 Å². The smallest absolute Gasteiger partial charge is 0.136 e. The largest absolute Gasteiger partial charge is 0.456 e. The van der Waals surface area contributed by atoms with E-state index in [1.54, 1.807) is 0 Å². The Morgan fingerprint density at radius 2 is 1.30 bits per heavy atom. The summed E-state index contributed by atoms with van der Waals surface area (Å²) >= 11 is 0. The van der Waals surface area contributed by atoms with Gasteiger partial charge in [0.25, 0.3) is 0 Å². The van der Waals surface area contributed by atoms with Gasteiger partial charge in [-0.2, -0.15) is 0 Å². The second-order valence-corrected chi connectivity index (χ2v) is 7.61. The average molecular weight is 386 g/mol. The molecule has 0 amide bonds. The van der Waals surface area contributed by atoms with E-state index in [1.165, 1.54) is 11.1 Å². The van der Waals surface area contributed by atoms with Crippen molar-refractivity contribution in [3.63, 3.8) is 0 Å². The van der Waals surface area contributed by atoms with Gasteiger partial charge in [0, 0.05) is 10.8 Å². The van der Waals surface area contributed by atoms with Crippen LogP contribution in [0.2, 0.25) is 0 Å². The van der Waals surface area contributed by atoms with Gasteiger partial charge in [-0.15, -0.1) is 0 Å². The van der Waals surface area contributed by atoms with E-state index in [0.29, 0.717) is 0 Å². The van der Waals surface area contributed by atoms with E-state index in [4.69, 9.17) is 4.42 Å². The quantitative estimate of drug-likeness (QED) is 0.283. The van der Waals surface area contributed by atoms with Crippen LogP contribution in [0.4, 0.5) is 0 Å². The van der Waals surface area contributed by atoms with E-state index in [0.717, 1.165) is 44.2 Å². The molecule has 1 aromatic heterocycles. The molecule has 1 nitrogen and oxygen atoms in total. The van der Waals surface area contributed by atoms with Crippen LogP contribution in [0.1, 0.15) is 18.1 Å². The number of furan rings is 1. The molecule has 0 fully saturated rings. The van der Waals surface area contributed by atoms with Crippen molar-refractivity contribution < 1.29 is 4.42 Å². The van der Waals surface area contributed by atoms with E-state index < -0.39 is 0 Å². The molecule has 30 heavy (non-hydrogen) atoms. The van der Waals surface area contributed by atoms with Crippen LogP contribution in [-0.4, -0.2) is 0 Å². The third kappa shape index (κ3) is 3.35. The fourth-order valence-corrected chi connectivity index (χ4v) is 3.91. The number of hydrogen-bond donors (Lipinski definition) is 0. The summed E-state index contributed by atoms with van der Waals surface area (Å²) in [5.41, 5.74) is 8.70. The van der Waals surface area contributed by atoms with Gasteiger partial charge < -0.3 is 4.42 Å². The zero-order valence-corrected chi connectivity index (χ0v) is 16.9. The van der Waals surface area contributed by atoms with Crippen molar-refractivity contribution in [2.45, 2.75) is 6.92 Å². The first-order valence-corrected chi connectivity index (χ1v) is 10.1. The molecule has 0 bridgehead atoms. The lowest BCUT2D eigenvalue weighted by atomic mass is 9.98. The highest BCUT2D eigenvalue weighted by Crippen LogP contribution is 2.31. The van der Waals surface area contributed by atoms with Crippen molar-refractivity contribution in [3.8, 4) is 11.1 Å². The maximum absolute atomic E-state index is 6.04. The molecule has 1 heterocycles. The van der Waals surface area contributed by atoms with Crippen LogP contribution in [0.3, 0.4) is 0 Å². The minimum atomic E-state index is 0.916. The summed E-state index contributed by atoms with van der Waals surface area (Å²) < 4.78 is 6.04. The minimum absolute atomic E-state index is 0.916. The SMILES string of the molecule is C=C(/C=C(\C)c1ccc2c(c1)oc1ccccc12)c1ccc(-c2ccccc2)cc1. The first-order chi connectivity index (χ1) is 14.7. The summed E-state index contributed by atoms with van der Waals surface area (Å²) in [6.45, 7) is 6.41. The molecular weight excluding hydrogens is 364 g/mol. The fraction of sp³-hybridized carbons (Fsp3) is 0.0345. The summed E-state index contributed by atoms with van der Waals surface area (Å²) in [5.74, 6) is 0. The third-order valence-corrected chi connectivity index (χ3v) is 5.59. The summed E-state index contributed by atoms with van der Waals surface area (Å²) in [7, 11) is 0. The van der Waals surface area contributed by atoms with Gasteiger partial charge in [0.15, 0.2) is 0 Å². The Kier molecular flexibility index (Phi) is 4.57. The molecule has 1 heteroatoms. The minimum Gasteiger partial charge on any atom is -0.456 e. The lowest BCUT2D eigenvalue weighted by Crippen LogP contribution is -1.84. The maximum atomic E-state index is 6.04. The van der Waals surface area contributed by atoms with Gasteiger partial charge in [-0.1, -0.05) is 91.5 Å². The summed E-state index contributed by atoms with van der Waals surface area (Å²) in [5, 5.41) is 2.31. The van der Waals surface area contributed by atoms with E-state index >= 15 is 0 Å².